The third-order valence-corrected chi connectivity index (χ3v) is 5.19. The molecule has 1 aliphatic rings. The second kappa shape index (κ2) is 10.4. The van der Waals surface area contributed by atoms with Crippen molar-refractivity contribution in [2.75, 3.05) is 5.43 Å². The van der Waals surface area contributed by atoms with Gasteiger partial charge in [-0.25, -0.2) is 18.5 Å². The van der Waals surface area contributed by atoms with Crippen LogP contribution in [-0.2, 0) is 20.2 Å². The number of rotatable bonds is 5. The van der Waals surface area contributed by atoms with E-state index in [4.69, 9.17) is 0 Å². The van der Waals surface area contributed by atoms with Gasteiger partial charge < -0.3 is 5.43 Å². The third kappa shape index (κ3) is 6.52. The van der Waals surface area contributed by atoms with Crippen LogP contribution in [0.1, 0.15) is 0 Å². The largest absolute Gasteiger partial charge is 1.00 e. The predicted octanol–water partition coefficient (Wildman–Crippen LogP) is -4.90. The molecule has 0 atom stereocenters. The summed E-state index contributed by atoms with van der Waals surface area (Å²) in [6, 6.07) is 12.6. The van der Waals surface area contributed by atoms with Crippen LogP contribution in [0.25, 0.3) is 11.1 Å². The van der Waals surface area contributed by atoms with Gasteiger partial charge in [-0.2, -0.15) is 8.42 Å². The molecule has 0 aromatic heterocycles. The number of anilines is 1. The monoisotopic (exact) mass is 454 g/mol. The van der Waals surface area contributed by atoms with E-state index in [9.17, 15) is 25.9 Å². The standard InChI is InChI=1S/C15H12N4O6S2.2Na/c20-26(21,22)14-8-12(11-4-2-1-3-5-11)13(9-15(14)27(23,24)25)18-19-7-6-16-10-17-19;;/h1-4,6-8,10,18H,(H,16,17)(H,20,21,22)(H,23,24,25);;/q-2;2*+1. The van der Waals surface area contributed by atoms with Gasteiger partial charge in [-0.3, -0.25) is 14.5 Å². The van der Waals surface area contributed by atoms with Gasteiger partial charge in [0.25, 0.3) is 10.1 Å². The first kappa shape index (κ1) is 26.1. The van der Waals surface area contributed by atoms with Crippen LogP contribution in [0.4, 0.5) is 5.69 Å². The Bertz CT molecular complexity index is 1140. The molecule has 0 saturated carbocycles. The Morgan fingerprint density at radius 1 is 1.10 bits per heavy atom. The first-order valence-corrected chi connectivity index (χ1v) is 10.1. The Hall–Kier alpha value is -0.930. The van der Waals surface area contributed by atoms with E-state index in [1.54, 1.807) is 24.3 Å². The van der Waals surface area contributed by atoms with Crippen molar-refractivity contribution in [2.24, 2.45) is 4.99 Å². The van der Waals surface area contributed by atoms with Crippen LogP contribution >= 0.6 is 0 Å². The van der Waals surface area contributed by atoms with E-state index >= 15 is 0 Å². The van der Waals surface area contributed by atoms with Crippen LogP contribution in [0.5, 0.6) is 0 Å². The molecule has 2 aromatic carbocycles. The molecule has 142 valence electrons. The molecule has 0 aliphatic carbocycles. The van der Waals surface area contributed by atoms with Gasteiger partial charge in [-0.15, -0.1) is 48.0 Å². The second-order valence-electron chi connectivity index (χ2n) is 5.16. The molecule has 1 aliphatic heterocycles. The number of nitrogens with zero attached hydrogens (tertiary/aromatic N) is 2. The molecule has 0 amide bonds. The van der Waals surface area contributed by atoms with Crippen LogP contribution in [0.3, 0.4) is 0 Å². The molecule has 14 heteroatoms. The average Bonchev–Trinajstić information content (AvgIpc) is 2.61. The van der Waals surface area contributed by atoms with E-state index in [0.717, 1.165) is 6.07 Å². The summed E-state index contributed by atoms with van der Waals surface area (Å²) in [5, 5.41) is 1.28. The number of benzene rings is 2. The summed E-state index contributed by atoms with van der Waals surface area (Å²) >= 11 is 0. The molecule has 10 nitrogen and oxygen atoms in total. The number of hydrazine groups is 2. The van der Waals surface area contributed by atoms with Crippen molar-refractivity contribution in [2.45, 2.75) is 9.79 Å². The van der Waals surface area contributed by atoms with E-state index in [1.807, 2.05) is 0 Å². The summed E-state index contributed by atoms with van der Waals surface area (Å²) < 4.78 is 65.4. The number of hydrogen-bond donors (Lipinski definition) is 4. The van der Waals surface area contributed by atoms with Crippen LogP contribution in [0.2, 0.25) is 0 Å². The normalized spacial score (nSPS) is 13.1. The van der Waals surface area contributed by atoms with Crippen molar-refractivity contribution >= 4 is 32.3 Å². The van der Waals surface area contributed by atoms with Crippen LogP contribution in [-0.4, -0.2) is 37.4 Å². The Labute approximate surface area is 212 Å². The third-order valence-electron chi connectivity index (χ3n) is 3.35. The Kier molecular flexibility index (Phi) is 9.36. The zero-order valence-corrected chi connectivity index (χ0v) is 21.0. The van der Waals surface area contributed by atoms with Crippen molar-refractivity contribution < 1.29 is 85.1 Å². The summed E-state index contributed by atoms with van der Waals surface area (Å²) in [6.07, 6.45) is 4.21. The molecule has 2 aromatic rings. The first-order valence-electron chi connectivity index (χ1n) is 7.19. The molecule has 0 radical (unpaired) electrons. The fourth-order valence-corrected chi connectivity index (χ4v) is 3.96. The van der Waals surface area contributed by atoms with Crippen molar-refractivity contribution in [1.82, 2.24) is 10.5 Å². The average molecular weight is 454 g/mol. The molecular weight excluding hydrogens is 442 g/mol. The van der Waals surface area contributed by atoms with Crippen molar-refractivity contribution in [3.8, 4) is 11.1 Å². The van der Waals surface area contributed by atoms with Gasteiger partial charge in [0.1, 0.15) is 6.34 Å². The van der Waals surface area contributed by atoms with Gasteiger partial charge in [0.15, 0.2) is 0 Å². The molecule has 0 bridgehead atoms. The maximum absolute atomic E-state index is 11.7. The van der Waals surface area contributed by atoms with E-state index < -0.39 is 30.0 Å². The van der Waals surface area contributed by atoms with E-state index in [0.29, 0.717) is 5.56 Å². The minimum absolute atomic E-state index is 0. The van der Waals surface area contributed by atoms with Gasteiger partial charge in [0.05, 0.1) is 6.20 Å². The molecule has 0 saturated heterocycles. The minimum Gasteiger partial charge on any atom is -0.301 e. The molecule has 0 fully saturated rings. The Morgan fingerprint density at radius 3 is 2.34 bits per heavy atom. The molecule has 0 unspecified atom stereocenters. The maximum Gasteiger partial charge on any atom is 1.00 e. The van der Waals surface area contributed by atoms with Crippen molar-refractivity contribution in [1.29, 1.82) is 0 Å². The van der Waals surface area contributed by atoms with E-state index in [2.05, 4.69) is 28.0 Å². The summed E-state index contributed by atoms with van der Waals surface area (Å²) in [4.78, 5) is 1.69. The predicted molar refractivity (Wildman–Crippen MR) is 95.4 cm³/mol. The summed E-state index contributed by atoms with van der Waals surface area (Å²) in [5.74, 6) is 0. The van der Waals surface area contributed by atoms with Gasteiger partial charge in [-0.05, 0) is 5.69 Å². The fraction of sp³-hybridized carbons (Fsp3) is 0. The molecular formula is C15H12N4Na2O6S2. The Morgan fingerprint density at radius 2 is 1.83 bits per heavy atom. The number of hydrogen-bond acceptors (Lipinski definition) is 8. The van der Waals surface area contributed by atoms with E-state index in [-0.39, 0.29) is 70.4 Å². The minimum atomic E-state index is -5.01. The van der Waals surface area contributed by atoms with Crippen LogP contribution < -0.4 is 70.0 Å². The zero-order chi connectivity index (χ0) is 19.7. The molecule has 3 rings (SSSR count). The molecule has 1 heterocycles. The molecule has 29 heavy (non-hydrogen) atoms. The molecule has 4 N–H and O–H groups in total. The van der Waals surface area contributed by atoms with Gasteiger partial charge in [0.2, 0.25) is 10.1 Å². The SMILES string of the molecule is O=S(=O)(O)c1[c-]c(NN2C=CN=CN2)c(-c2[c-]cccc2)cc1S(=O)(=O)O.[Na+].[Na+]. The molecule has 0 spiro atoms. The van der Waals surface area contributed by atoms with Crippen LogP contribution in [0, 0.1) is 12.1 Å². The summed E-state index contributed by atoms with van der Waals surface area (Å²) in [6.45, 7) is 0. The van der Waals surface area contributed by atoms with Gasteiger partial charge in [0, 0.05) is 16.0 Å². The maximum atomic E-state index is 11.7. The number of nitrogens with one attached hydrogen (secondary N) is 2. The Balaban J connectivity index is 0.00000210. The quantitative estimate of drug-likeness (QED) is 0.198. The van der Waals surface area contributed by atoms with Crippen LogP contribution in [0.15, 0.2) is 57.5 Å². The smallest absolute Gasteiger partial charge is 0.301 e. The fourth-order valence-electron chi connectivity index (χ4n) is 2.23. The topological polar surface area (TPSA) is 148 Å². The van der Waals surface area contributed by atoms with Gasteiger partial charge >= 0.3 is 59.1 Å². The first-order chi connectivity index (χ1) is 12.7. The zero-order valence-electron chi connectivity index (χ0n) is 15.4. The van der Waals surface area contributed by atoms with E-state index in [1.165, 1.54) is 23.9 Å². The number of aliphatic imine (C=N–C) groups is 1. The summed E-state index contributed by atoms with van der Waals surface area (Å²) in [7, 11) is -9.98. The van der Waals surface area contributed by atoms with Crippen molar-refractivity contribution in [3.05, 3.63) is 54.9 Å². The summed E-state index contributed by atoms with van der Waals surface area (Å²) in [5.41, 5.74) is 5.98. The second-order valence-corrected chi connectivity index (χ2v) is 7.91. The van der Waals surface area contributed by atoms with Crippen molar-refractivity contribution in [3.63, 3.8) is 0 Å². The van der Waals surface area contributed by atoms with Gasteiger partial charge in [-0.1, -0.05) is 5.56 Å².